The van der Waals surface area contributed by atoms with Gasteiger partial charge in [0.15, 0.2) is 0 Å². The van der Waals surface area contributed by atoms with E-state index in [-0.39, 0.29) is 0 Å². The van der Waals surface area contributed by atoms with Gasteiger partial charge in [0.25, 0.3) is 0 Å². The molecule has 0 spiro atoms. The van der Waals surface area contributed by atoms with Crippen molar-refractivity contribution in [3.8, 4) is 0 Å². The van der Waals surface area contributed by atoms with Crippen molar-refractivity contribution < 1.29 is 4.84 Å². The van der Waals surface area contributed by atoms with Gasteiger partial charge in [-0.15, -0.1) is 0 Å². The van der Waals surface area contributed by atoms with Gasteiger partial charge in [-0.3, -0.25) is 20.3 Å². The lowest BCUT2D eigenvalue weighted by atomic mass is 10.2. The van der Waals surface area contributed by atoms with E-state index in [2.05, 4.69) is 33.0 Å². The number of nitrogens with zero attached hydrogens (tertiary/aromatic N) is 4. The number of imidazole rings is 1. The summed E-state index contributed by atoms with van der Waals surface area (Å²) in [5.74, 6) is 1.10. The van der Waals surface area contributed by atoms with E-state index in [1.807, 2.05) is 31.5 Å². The van der Waals surface area contributed by atoms with Gasteiger partial charge in [-0.2, -0.15) is 0 Å². The predicted octanol–water partition coefficient (Wildman–Crippen LogP) is 3.38. The lowest BCUT2D eigenvalue weighted by Gasteiger charge is -2.09. The van der Waals surface area contributed by atoms with Gasteiger partial charge in [-0.1, -0.05) is 13.0 Å². The molecule has 3 heterocycles. The molecule has 6 nitrogen and oxygen atoms in total. The molecule has 0 bridgehead atoms. The zero-order valence-corrected chi connectivity index (χ0v) is 14.4. The molecule has 0 saturated heterocycles. The standard InChI is InChI=1S/C18H23N5O/c1-4-7-16-21-15-12-20-14-9-5-10-19-17(14)18(15)23(16)11-6-8-13(2)22-24-3/h5,8-10,12,22H,4,6-7,11H2,1-3H3. The van der Waals surface area contributed by atoms with Crippen LogP contribution in [0.15, 0.2) is 36.3 Å². The van der Waals surface area contributed by atoms with Crippen LogP contribution in [-0.2, 0) is 17.8 Å². The van der Waals surface area contributed by atoms with Crippen LogP contribution in [0.2, 0.25) is 0 Å². The van der Waals surface area contributed by atoms with Crippen molar-refractivity contribution in [3.63, 3.8) is 0 Å². The van der Waals surface area contributed by atoms with E-state index in [0.717, 1.165) is 59.4 Å². The minimum atomic E-state index is 0.851. The Hall–Kier alpha value is -2.47. The van der Waals surface area contributed by atoms with Crippen LogP contribution in [0, 0.1) is 0 Å². The van der Waals surface area contributed by atoms with Crippen LogP contribution in [0.4, 0.5) is 0 Å². The van der Waals surface area contributed by atoms with Gasteiger partial charge in [0.2, 0.25) is 0 Å². The van der Waals surface area contributed by atoms with Gasteiger partial charge in [-0.25, -0.2) is 4.98 Å². The second-order valence-electron chi connectivity index (χ2n) is 5.77. The topological polar surface area (TPSA) is 64.9 Å². The number of hydroxylamine groups is 1. The van der Waals surface area contributed by atoms with Gasteiger partial charge in [-0.05, 0) is 31.9 Å². The molecule has 1 N–H and O–H groups in total. The van der Waals surface area contributed by atoms with Crippen molar-refractivity contribution in [2.45, 2.75) is 39.7 Å². The Labute approximate surface area is 141 Å². The van der Waals surface area contributed by atoms with E-state index in [1.54, 1.807) is 7.11 Å². The first-order chi connectivity index (χ1) is 11.7. The van der Waals surface area contributed by atoms with E-state index >= 15 is 0 Å². The molecule has 24 heavy (non-hydrogen) atoms. The number of allylic oxidation sites excluding steroid dienone is 2. The summed E-state index contributed by atoms with van der Waals surface area (Å²) >= 11 is 0. The van der Waals surface area contributed by atoms with E-state index in [4.69, 9.17) is 9.82 Å². The maximum Gasteiger partial charge on any atom is 0.115 e. The van der Waals surface area contributed by atoms with Gasteiger partial charge < -0.3 is 4.57 Å². The minimum Gasteiger partial charge on any atom is -0.326 e. The van der Waals surface area contributed by atoms with E-state index in [0.29, 0.717) is 0 Å². The predicted molar refractivity (Wildman–Crippen MR) is 95.3 cm³/mol. The molecule has 3 aromatic heterocycles. The van der Waals surface area contributed by atoms with Crippen molar-refractivity contribution >= 4 is 22.1 Å². The molecule has 6 heteroatoms. The molecule has 0 aliphatic rings. The van der Waals surface area contributed by atoms with Crippen LogP contribution in [0.3, 0.4) is 0 Å². The number of hydrogen-bond donors (Lipinski definition) is 1. The molecule has 3 aromatic rings. The summed E-state index contributed by atoms with van der Waals surface area (Å²) in [4.78, 5) is 18.7. The van der Waals surface area contributed by atoms with Crippen molar-refractivity contribution in [1.82, 2.24) is 25.0 Å². The Kier molecular flexibility index (Phi) is 5.05. The number of fused-ring (bicyclic) bond motifs is 3. The van der Waals surface area contributed by atoms with Crippen molar-refractivity contribution in [2.24, 2.45) is 0 Å². The van der Waals surface area contributed by atoms with Crippen LogP contribution < -0.4 is 5.48 Å². The van der Waals surface area contributed by atoms with Crippen LogP contribution in [-0.4, -0.2) is 26.6 Å². The fraction of sp³-hybridized carbons (Fsp3) is 0.389. The highest BCUT2D eigenvalue weighted by atomic mass is 16.6. The zero-order chi connectivity index (χ0) is 16.9. The number of nitrogens with one attached hydrogen (secondary N) is 1. The van der Waals surface area contributed by atoms with Crippen molar-refractivity contribution in [1.29, 1.82) is 0 Å². The highest BCUT2D eigenvalue weighted by Crippen LogP contribution is 2.24. The second-order valence-corrected chi connectivity index (χ2v) is 5.77. The molecule has 126 valence electrons. The fourth-order valence-corrected chi connectivity index (χ4v) is 2.94. The van der Waals surface area contributed by atoms with Gasteiger partial charge in [0, 0.05) is 24.9 Å². The van der Waals surface area contributed by atoms with Crippen molar-refractivity contribution in [3.05, 3.63) is 42.1 Å². The largest absolute Gasteiger partial charge is 0.326 e. The normalized spacial score (nSPS) is 12.2. The smallest absolute Gasteiger partial charge is 0.115 e. The monoisotopic (exact) mass is 325 g/mol. The quantitative estimate of drug-likeness (QED) is 0.675. The highest BCUT2D eigenvalue weighted by molar-refractivity contribution is 5.99. The van der Waals surface area contributed by atoms with Gasteiger partial charge >= 0.3 is 0 Å². The fourth-order valence-electron chi connectivity index (χ4n) is 2.94. The lowest BCUT2D eigenvalue weighted by molar-refractivity contribution is 0.118. The number of aromatic nitrogens is 4. The molecule has 0 fully saturated rings. The third-order valence-corrected chi connectivity index (χ3v) is 3.95. The Morgan fingerprint density at radius 3 is 3.00 bits per heavy atom. The maximum absolute atomic E-state index is 4.93. The molecular weight excluding hydrogens is 302 g/mol. The van der Waals surface area contributed by atoms with Crippen LogP contribution in [0.25, 0.3) is 22.1 Å². The molecule has 0 radical (unpaired) electrons. The molecule has 3 rings (SSSR count). The Bertz CT molecular complexity index is 868. The van der Waals surface area contributed by atoms with Crippen LogP contribution in [0.1, 0.15) is 32.5 Å². The first-order valence-electron chi connectivity index (χ1n) is 8.29. The van der Waals surface area contributed by atoms with Crippen LogP contribution in [0.5, 0.6) is 0 Å². The summed E-state index contributed by atoms with van der Waals surface area (Å²) in [5.41, 5.74) is 7.67. The molecule has 0 aromatic carbocycles. The first-order valence-corrected chi connectivity index (χ1v) is 8.29. The molecule has 0 atom stereocenters. The van der Waals surface area contributed by atoms with Crippen LogP contribution >= 0.6 is 0 Å². The summed E-state index contributed by atoms with van der Waals surface area (Å²) < 4.78 is 2.28. The highest BCUT2D eigenvalue weighted by Gasteiger charge is 2.14. The summed E-state index contributed by atoms with van der Waals surface area (Å²) in [6, 6.07) is 3.91. The van der Waals surface area contributed by atoms with Gasteiger partial charge in [0.1, 0.15) is 16.9 Å². The lowest BCUT2D eigenvalue weighted by Crippen LogP contribution is -2.09. The SMILES string of the molecule is CCCc1nc2cnc3cccnc3c2n1CCC=C(C)NOC. The number of hydrogen-bond acceptors (Lipinski definition) is 5. The summed E-state index contributed by atoms with van der Waals surface area (Å²) in [7, 11) is 1.62. The summed E-state index contributed by atoms with van der Waals surface area (Å²) in [5, 5.41) is 0. The Morgan fingerprint density at radius 2 is 2.21 bits per heavy atom. The molecular formula is C18H23N5O. The minimum absolute atomic E-state index is 0.851. The second kappa shape index (κ2) is 7.40. The third-order valence-electron chi connectivity index (χ3n) is 3.95. The van der Waals surface area contributed by atoms with Crippen molar-refractivity contribution in [2.75, 3.05) is 7.11 Å². The third kappa shape index (κ3) is 3.23. The average Bonchev–Trinajstić information content (AvgIpc) is 2.93. The first kappa shape index (κ1) is 16.4. The molecule has 0 saturated carbocycles. The maximum atomic E-state index is 4.93. The van der Waals surface area contributed by atoms with E-state index < -0.39 is 0 Å². The number of pyridine rings is 2. The average molecular weight is 325 g/mol. The molecule has 0 amide bonds. The molecule has 0 aliphatic carbocycles. The van der Waals surface area contributed by atoms with E-state index in [9.17, 15) is 0 Å². The summed E-state index contributed by atoms with van der Waals surface area (Å²) in [6.07, 6.45) is 8.68. The molecule has 0 aliphatic heterocycles. The number of rotatable bonds is 7. The van der Waals surface area contributed by atoms with Gasteiger partial charge in [0.05, 0.1) is 24.3 Å². The van der Waals surface area contributed by atoms with E-state index in [1.165, 1.54) is 0 Å². The Balaban J connectivity index is 2.04. The molecule has 0 unspecified atom stereocenters. The zero-order valence-electron chi connectivity index (χ0n) is 14.4. The number of aryl methyl sites for hydroxylation is 2. The Morgan fingerprint density at radius 1 is 1.33 bits per heavy atom. The summed E-state index contributed by atoms with van der Waals surface area (Å²) in [6.45, 7) is 5.01.